The number of rotatable bonds is 4. The normalized spacial score (nSPS) is 19.8. The van der Waals surface area contributed by atoms with Gasteiger partial charge in [-0.05, 0) is 56.9 Å². The molecular weight excluding hydrogens is 290 g/mol. The molecule has 0 unspecified atom stereocenters. The Labute approximate surface area is 137 Å². The molecule has 0 radical (unpaired) electrons. The molecule has 2 amide bonds. The molecule has 1 aromatic carbocycles. The van der Waals surface area contributed by atoms with Crippen molar-refractivity contribution in [1.82, 2.24) is 4.90 Å². The zero-order chi connectivity index (χ0) is 16.2. The van der Waals surface area contributed by atoms with E-state index in [2.05, 4.69) is 5.32 Å². The van der Waals surface area contributed by atoms with Gasteiger partial charge in [-0.2, -0.15) is 0 Å². The Hall–Kier alpha value is -2.04. The van der Waals surface area contributed by atoms with Crippen LogP contribution in [0.25, 0.3) is 0 Å². The van der Waals surface area contributed by atoms with E-state index in [-0.39, 0.29) is 17.9 Å². The Morgan fingerprint density at radius 2 is 1.74 bits per heavy atom. The number of carbonyl (C=O) groups is 2. The monoisotopic (exact) mass is 315 g/mol. The predicted octanol–water partition coefficient (Wildman–Crippen LogP) is 2.63. The number of amides is 2. The van der Waals surface area contributed by atoms with Crippen LogP contribution in [0, 0.1) is 0 Å². The molecule has 0 aromatic heterocycles. The van der Waals surface area contributed by atoms with Crippen molar-refractivity contribution in [1.29, 1.82) is 0 Å². The Balaban J connectivity index is 1.59. The standard InChI is InChI=1S/C18H25N3O2/c1-14(18(23)20-11-3-2-4-12-20)19-15-7-9-16(10-8-15)21-13-5-6-17(21)22/h7-10,14,19H,2-6,11-13H2,1H3/t14-/m1/s1. The summed E-state index contributed by atoms with van der Waals surface area (Å²) in [6, 6.07) is 7.56. The second-order valence-corrected chi connectivity index (χ2v) is 6.45. The van der Waals surface area contributed by atoms with E-state index in [0.29, 0.717) is 6.42 Å². The smallest absolute Gasteiger partial charge is 0.244 e. The van der Waals surface area contributed by atoms with Gasteiger partial charge in [0.15, 0.2) is 0 Å². The quantitative estimate of drug-likeness (QED) is 0.929. The SMILES string of the molecule is C[C@@H](Nc1ccc(N2CCCC2=O)cc1)C(=O)N1CCCCC1. The summed E-state index contributed by atoms with van der Waals surface area (Å²) in [6.45, 7) is 4.46. The molecule has 0 saturated carbocycles. The van der Waals surface area contributed by atoms with Gasteiger partial charge < -0.3 is 15.1 Å². The maximum atomic E-state index is 12.4. The Morgan fingerprint density at radius 1 is 1.04 bits per heavy atom. The van der Waals surface area contributed by atoms with Gasteiger partial charge in [0.2, 0.25) is 11.8 Å². The van der Waals surface area contributed by atoms with E-state index in [9.17, 15) is 9.59 Å². The lowest BCUT2D eigenvalue weighted by Crippen LogP contribution is -2.43. The largest absolute Gasteiger partial charge is 0.374 e. The first kappa shape index (κ1) is 15.8. The molecule has 3 rings (SSSR count). The highest BCUT2D eigenvalue weighted by molar-refractivity contribution is 5.95. The van der Waals surface area contributed by atoms with Gasteiger partial charge in [-0.15, -0.1) is 0 Å². The van der Waals surface area contributed by atoms with Crippen molar-refractivity contribution in [2.45, 2.75) is 45.1 Å². The molecule has 5 nitrogen and oxygen atoms in total. The van der Waals surface area contributed by atoms with Gasteiger partial charge in [-0.25, -0.2) is 0 Å². The number of nitrogens with zero attached hydrogens (tertiary/aromatic N) is 2. The number of nitrogens with one attached hydrogen (secondary N) is 1. The van der Waals surface area contributed by atoms with E-state index in [0.717, 1.165) is 50.3 Å². The van der Waals surface area contributed by atoms with Crippen molar-refractivity contribution in [2.75, 3.05) is 29.9 Å². The van der Waals surface area contributed by atoms with Crippen LogP contribution in [-0.4, -0.2) is 42.4 Å². The van der Waals surface area contributed by atoms with Crippen molar-refractivity contribution >= 4 is 23.2 Å². The first-order valence-corrected chi connectivity index (χ1v) is 8.61. The Kier molecular flexibility index (Phi) is 4.84. The lowest BCUT2D eigenvalue weighted by atomic mass is 10.1. The van der Waals surface area contributed by atoms with Gasteiger partial charge in [0.25, 0.3) is 0 Å². The molecule has 5 heteroatoms. The fourth-order valence-corrected chi connectivity index (χ4v) is 3.36. The molecule has 2 heterocycles. The molecular formula is C18H25N3O2. The van der Waals surface area contributed by atoms with Crippen LogP contribution in [0.2, 0.25) is 0 Å². The molecule has 1 atom stereocenters. The highest BCUT2D eigenvalue weighted by Gasteiger charge is 2.23. The topological polar surface area (TPSA) is 52.7 Å². The van der Waals surface area contributed by atoms with E-state index in [1.807, 2.05) is 41.0 Å². The van der Waals surface area contributed by atoms with Crippen LogP contribution in [-0.2, 0) is 9.59 Å². The van der Waals surface area contributed by atoms with Gasteiger partial charge in [0.1, 0.15) is 6.04 Å². The third-order valence-corrected chi connectivity index (χ3v) is 4.67. The van der Waals surface area contributed by atoms with Crippen LogP contribution >= 0.6 is 0 Å². The summed E-state index contributed by atoms with van der Waals surface area (Å²) >= 11 is 0. The fourth-order valence-electron chi connectivity index (χ4n) is 3.36. The van der Waals surface area contributed by atoms with Gasteiger partial charge in [0.05, 0.1) is 0 Å². The zero-order valence-corrected chi connectivity index (χ0v) is 13.8. The van der Waals surface area contributed by atoms with Crippen LogP contribution in [0.3, 0.4) is 0 Å². The molecule has 2 fully saturated rings. The Bertz CT molecular complexity index is 564. The fraction of sp³-hybridized carbons (Fsp3) is 0.556. The van der Waals surface area contributed by atoms with E-state index in [1.165, 1.54) is 6.42 Å². The first-order valence-electron chi connectivity index (χ1n) is 8.61. The van der Waals surface area contributed by atoms with Crippen molar-refractivity contribution in [2.24, 2.45) is 0 Å². The lowest BCUT2D eigenvalue weighted by Gasteiger charge is -2.29. The van der Waals surface area contributed by atoms with Crippen molar-refractivity contribution < 1.29 is 9.59 Å². The van der Waals surface area contributed by atoms with Crippen molar-refractivity contribution in [3.05, 3.63) is 24.3 Å². The number of likely N-dealkylation sites (tertiary alicyclic amines) is 1. The second-order valence-electron chi connectivity index (χ2n) is 6.45. The molecule has 2 aliphatic heterocycles. The number of anilines is 2. The van der Waals surface area contributed by atoms with Crippen molar-refractivity contribution in [3.8, 4) is 0 Å². The summed E-state index contributed by atoms with van der Waals surface area (Å²) in [6.07, 6.45) is 5.01. The van der Waals surface area contributed by atoms with Gasteiger partial charge in [-0.1, -0.05) is 0 Å². The first-order chi connectivity index (χ1) is 11.1. The Morgan fingerprint density at radius 3 is 2.35 bits per heavy atom. The molecule has 2 saturated heterocycles. The molecule has 124 valence electrons. The summed E-state index contributed by atoms with van der Waals surface area (Å²) < 4.78 is 0. The van der Waals surface area contributed by atoms with Crippen LogP contribution in [0.4, 0.5) is 11.4 Å². The highest BCUT2D eigenvalue weighted by Crippen LogP contribution is 2.23. The third-order valence-electron chi connectivity index (χ3n) is 4.67. The van der Waals surface area contributed by atoms with Crippen LogP contribution in [0.5, 0.6) is 0 Å². The highest BCUT2D eigenvalue weighted by atomic mass is 16.2. The molecule has 1 N–H and O–H groups in total. The van der Waals surface area contributed by atoms with E-state index >= 15 is 0 Å². The molecule has 23 heavy (non-hydrogen) atoms. The molecule has 0 aliphatic carbocycles. The lowest BCUT2D eigenvalue weighted by molar-refractivity contribution is -0.132. The summed E-state index contributed by atoms with van der Waals surface area (Å²) in [5.74, 6) is 0.364. The van der Waals surface area contributed by atoms with Gasteiger partial charge >= 0.3 is 0 Å². The number of carbonyl (C=O) groups excluding carboxylic acids is 2. The van der Waals surface area contributed by atoms with E-state index < -0.39 is 0 Å². The molecule has 0 spiro atoms. The van der Waals surface area contributed by atoms with Crippen LogP contribution in [0.1, 0.15) is 39.0 Å². The third kappa shape index (κ3) is 3.66. The summed E-state index contributed by atoms with van der Waals surface area (Å²) in [5, 5.41) is 3.27. The minimum Gasteiger partial charge on any atom is -0.374 e. The van der Waals surface area contributed by atoms with E-state index in [1.54, 1.807) is 0 Å². The predicted molar refractivity (Wildman–Crippen MR) is 91.5 cm³/mol. The number of hydrogen-bond donors (Lipinski definition) is 1. The van der Waals surface area contributed by atoms with E-state index in [4.69, 9.17) is 0 Å². The minimum absolute atomic E-state index is 0.170. The summed E-state index contributed by atoms with van der Waals surface area (Å²) in [4.78, 5) is 28.0. The van der Waals surface area contributed by atoms with Crippen molar-refractivity contribution in [3.63, 3.8) is 0 Å². The molecule has 2 aliphatic rings. The maximum absolute atomic E-state index is 12.4. The van der Waals surface area contributed by atoms with Gasteiger partial charge in [-0.3, -0.25) is 9.59 Å². The van der Waals surface area contributed by atoms with Crippen LogP contribution < -0.4 is 10.2 Å². The molecule has 1 aromatic rings. The van der Waals surface area contributed by atoms with Gasteiger partial charge in [0, 0.05) is 37.4 Å². The minimum atomic E-state index is -0.229. The second kappa shape index (κ2) is 7.02. The maximum Gasteiger partial charge on any atom is 0.244 e. The molecule has 0 bridgehead atoms. The summed E-state index contributed by atoms with van der Waals surface area (Å²) in [5.41, 5.74) is 1.85. The average molecular weight is 315 g/mol. The average Bonchev–Trinajstić information content (AvgIpc) is 3.01. The number of benzene rings is 1. The summed E-state index contributed by atoms with van der Waals surface area (Å²) in [7, 11) is 0. The number of piperidine rings is 1. The van der Waals surface area contributed by atoms with Crippen LogP contribution in [0.15, 0.2) is 24.3 Å². The number of hydrogen-bond acceptors (Lipinski definition) is 3. The zero-order valence-electron chi connectivity index (χ0n) is 13.8.